The third-order valence-electron chi connectivity index (χ3n) is 4.10. The van der Waals surface area contributed by atoms with Crippen LogP contribution in [0.25, 0.3) is 5.82 Å². The molecule has 0 saturated heterocycles. The van der Waals surface area contributed by atoms with E-state index in [-0.39, 0.29) is 0 Å². The number of hydrogen-bond acceptors (Lipinski definition) is 6. The Kier molecular flexibility index (Phi) is 5.15. The predicted octanol–water partition coefficient (Wildman–Crippen LogP) is 3.65. The zero-order valence-electron chi connectivity index (χ0n) is 15.8. The van der Waals surface area contributed by atoms with E-state index in [1.807, 2.05) is 0 Å². The van der Waals surface area contributed by atoms with Gasteiger partial charge in [-0.05, 0) is 49.4 Å². The topological polar surface area (TPSA) is 102 Å². The molecule has 0 aliphatic carbocycles. The summed E-state index contributed by atoms with van der Waals surface area (Å²) in [6.45, 7) is 1.78. The Morgan fingerprint density at radius 1 is 0.967 bits per heavy atom. The molecule has 0 bridgehead atoms. The zero-order valence-corrected chi connectivity index (χ0v) is 16.6. The van der Waals surface area contributed by atoms with E-state index in [1.54, 1.807) is 60.4 Å². The summed E-state index contributed by atoms with van der Waals surface area (Å²) in [6.07, 6.45) is 3.44. The lowest BCUT2D eigenvalue weighted by molar-refractivity contribution is 0.570. The quantitative estimate of drug-likeness (QED) is 0.490. The Morgan fingerprint density at radius 2 is 1.70 bits per heavy atom. The summed E-state index contributed by atoms with van der Waals surface area (Å²) in [6, 6.07) is 15.3. The van der Waals surface area contributed by atoms with Gasteiger partial charge in [-0.15, -0.1) is 0 Å². The molecule has 0 spiro atoms. The highest BCUT2D eigenvalue weighted by molar-refractivity contribution is 7.92. The normalized spacial score (nSPS) is 11.3. The monoisotopic (exact) mass is 424 g/mol. The molecule has 0 aliphatic heterocycles. The van der Waals surface area contributed by atoms with Crippen LogP contribution < -0.4 is 10.0 Å². The fraction of sp³-hybridized carbons (Fsp3) is 0.0500. The highest BCUT2D eigenvalue weighted by Gasteiger charge is 2.18. The molecule has 4 rings (SSSR count). The molecular formula is C20H17FN6O2S. The Bertz CT molecular complexity index is 1280. The van der Waals surface area contributed by atoms with Crippen molar-refractivity contribution in [3.8, 4) is 5.82 Å². The van der Waals surface area contributed by atoms with Gasteiger partial charge >= 0.3 is 0 Å². The molecule has 2 aromatic heterocycles. The second-order valence-electron chi connectivity index (χ2n) is 6.35. The van der Waals surface area contributed by atoms with Crippen molar-refractivity contribution in [2.75, 3.05) is 10.0 Å². The number of nitrogens with zero attached hydrogens (tertiary/aromatic N) is 4. The molecule has 10 heteroatoms. The van der Waals surface area contributed by atoms with Gasteiger partial charge in [0.25, 0.3) is 10.0 Å². The smallest absolute Gasteiger partial charge is 0.264 e. The first-order valence-electron chi connectivity index (χ1n) is 8.91. The molecule has 0 radical (unpaired) electrons. The van der Waals surface area contributed by atoms with Crippen LogP contribution in [0.1, 0.15) is 5.82 Å². The number of aromatic nitrogens is 4. The third-order valence-corrected chi connectivity index (χ3v) is 5.51. The van der Waals surface area contributed by atoms with Crippen molar-refractivity contribution in [1.29, 1.82) is 0 Å². The Hall–Kier alpha value is -3.79. The molecule has 0 atom stereocenters. The van der Waals surface area contributed by atoms with Gasteiger partial charge in [0.15, 0.2) is 5.82 Å². The summed E-state index contributed by atoms with van der Waals surface area (Å²) in [7, 11) is -4.03. The van der Waals surface area contributed by atoms with Gasteiger partial charge in [0.1, 0.15) is 22.4 Å². The van der Waals surface area contributed by atoms with Crippen LogP contribution in [0, 0.1) is 12.7 Å². The first-order chi connectivity index (χ1) is 14.4. The van der Waals surface area contributed by atoms with Crippen LogP contribution in [-0.4, -0.2) is 28.2 Å². The van der Waals surface area contributed by atoms with Crippen molar-refractivity contribution < 1.29 is 12.8 Å². The zero-order chi connectivity index (χ0) is 21.1. The van der Waals surface area contributed by atoms with E-state index < -0.39 is 20.7 Å². The number of rotatable bonds is 6. The first-order valence-corrected chi connectivity index (χ1v) is 10.4. The van der Waals surface area contributed by atoms with Gasteiger partial charge in [-0.1, -0.05) is 12.1 Å². The summed E-state index contributed by atoms with van der Waals surface area (Å²) in [4.78, 5) is 8.30. The van der Waals surface area contributed by atoms with Crippen molar-refractivity contribution in [3.63, 3.8) is 0 Å². The van der Waals surface area contributed by atoms with Crippen molar-refractivity contribution in [1.82, 2.24) is 19.7 Å². The van der Waals surface area contributed by atoms with E-state index in [0.29, 0.717) is 28.8 Å². The molecule has 2 aromatic carbocycles. The summed E-state index contributed by atoms with van der Waals surface area (Å²) < 4.78 is 42.6. The van der Waals surface area contributed by atoms with E-state index >= 15 is 0 Å². The van der Waals surface area contributed by atoms with Crippen molar-refractivity contribution >= 4 is 27.2 Å². The molecule has 0 unspecified atom stereocenters. The lowest BCUT2D eigenvalue weighted by Crippen LogP contribution is -2.14. The molecule has 2 heterocycles. The lowest BCUT2D eigenvalue weighted by Gasteiger charge is -2.11. The van der Waals surface area contributed by atoms with Crippen LogP contribution in [0.4, 0.5) is 21.6 Å². The highest BCUT2D eigenvalue weighted by Crippen LogP contribution is 2.22. The van der Waals surface area contributed by atoms with E-state index in [9.17, 15) is 12.8 Å². The maximum atomic E-state index is 13.8. The molecule has 0 fully saturated rings. The second-order valence-corrected chi connectivity index (χ2v) is 8.00. The lowest BCUT2D eigenvalue weighted by atomic mass is 10.3. The second kappa shape index (κ2) is 7.91. The highest BCUT2D eigenvalue weighted by atomic mass is 32.2. The molecule has 2 N–H and O–H groups in total. The summed E-state index contributed by atoms with van der Waals surface area (Å²) in [5.41, 5.74) is 0.994. The largest absolute Gasteiger partial charge is 0.340 e. The van der Waals surface area contributed by atoms with Crippen LogP contribution in [0.3, 0.4) is 0 Å². The molecular weight excluding hydrogens is 407 g/mol. The molecule has 0 saturated carbocycles. The molecule has 0 aliphatic rings. The van der Waals surface area contributed by atoms with E-state index in [2.05, 4.69) is 25.1 Å². The van der Waals surface area contributed by atoms with E-state index in [4.69, 9.17) is 0 Å². The number of anilines is 3. The molecule has 0 amide bonds. The average molecular weight is 424 g/mol. The Balaban J connectivity index is 1.52. The number of halogens is 1. The first kappa shape index (κ1) is 19.5. The van der Waals surface area contributed by atoms with Crippen LogP contribution in [-0.2, 0) is 10.0 Å². The van der Waals surface area contributed by atoms with Gasteiger partial charge in [-0.25, -0.2) is 27.5 Å². The van der Waals surface area contributed by atoms with Crippen molar-refractivity contribution in [2.24, 2.45) is 0 Å². The summed E-state index contributed by atoms with van der Waals surface area (Å²) in [5, 5.41) is 7.31. The van der Waals surface area contributed by atoms with Gasteiger partial charge < -0.3 is 5.32 Å². The van der Waals surface area contributed by atoms with Crippen LogP contribution in [0.15, 0.2) is 78.0 Å². The predicted molar refractivity (Wildman–Crippen MR) is 111 cm³/mol. The number of aryl methyl sites for hydroxylation is 1. The van der Waals surface area contributed by atoms with Gasteiger partial charge in [-0.2, -0.15) is 5.10 Å². The van der Waals surface area contributed by atoms with Crippen molar-refractivity contribution in [3.05, 3.63) is 84.7 Å². The maximum absolute atomic E-state index is 13.8. The number of sulfonamides is 1. The minimum atomic E-state index is -4.03. The standard InChI is InChI=1S/C20H17FN6O2S/c1-14-23-19(13-20(24-14)27-12-4-11-22-27)25-15-7-9-16(10-8-15)26-30(28,29)18-6-3-2-5-17(18)21/h2-13,26H,1H3,(H,23,24,25). The van der Waals surface area contributed by atoms with E-state index in [1.165, 1.54) is 18.2 Å². The summed E-state index contributed by atoms with van der Waals surface area (Å²) >= 11 is 0. The number of hydrogen-bond donors (Lipinski definition) is 2. The summed E-state index contributed by atoms with van der Waals surface area (Å²) in [5.74, 6) is 0.937. The Morgan fingerprint density at radius 3 is 2.40 bits per heavy atom. The average Bonchev–Trinajstić information content (AvgIpc) is 3.24. The van der Waals surface area contributed by atoms with Gasteiger partial charge in [0.2, 0.25) is 0 Å². The van der Waals surface area contributed by atoms with Gasteiger partial charge in [0.05, 0.1) is 0 Å². The minimum Gasteiger partial charge on any atom is -0.340 e. The molecule has 4 aromatic rings. The fourth-order valence-corrected chi connectivity index (χ4v) is 3.92. The van der Waals surface area contributed by atoms with Crippen molar-refractivity contribution in [2.45, 2.75) is 11.8 Å². The number of benzene rings is 2. The Labute approximate surface area is 172 Å². The molecule has 152 valence electrons. The molecule has 8 nitrogen and oxygen atoms in total. The molecule has 30 heavy (non-hydrogen) atoms. The SMILES string of the molecule is Cc1nc(Nc2ccc(NS(=O)(=O)c3ccccc3F)cc2)cc(-n2cccn2)n1. The van der Waals surface area contributed by atoms with E-state index in [0.717, 1.165) is 6.07 Å². The minimum absolute atomic E-state index is 0.305. The van der Waals surface area contributed by atoms with Gasteiger partial charge in [0, 0.05) is 29.8 Å². The van der Waals surface area contributed by atoms with Crippen LogP contribution in [0.2, 0.25) is 0 Å². The third kappa shape index (κ3) is 4.28. The van der Waals surface area contributed by atoms with Crippen LogP contribution >= 0.6 is 0 Å². The fourth-order valence-electron chi connectivity index (χ4n) is 2.78. The number of nitrogens with one attached hydrogen (secondary N) is 2. The maximum Gasteiger partial charge on any atom is 0.264 e. The van der Waals surface area contributed by atoms with Crippen LogP contribution in [0.5, 0.6) is 0 Å². The van der Waals surface area contributed by atoms with Gasteiger partial charge in [-0.3, -0.25) is 4.72 Å².